The lowest BCUT2D eigenvalue weighted by molar-refractivity contribution is -0.117. The highest BCUT2D eigenvalue weighted by molar-refractivity contribution is 5.92. The number of carbonyl (C=O) groups is 1. The fourth-order valence-corrected chi connectivity index (χ4v) is 2.16. The van der Waals surface area contributed by atoms with Crippen molar-refractivity contribution in [3.05, 3.63) is 23.8 Å². The first-order chi connectivity index (χ1) is 9.66. The number of nitrogen functional groups attached to an aromatic ring is 1. The molecule has 0 radical (unpaired) electrons. The molecule has 1 unspecified atom stereocenters. The normalized spacial score (nSPS) is 18.1. The molecule has 0 spiro atoms. The molecule has 1 fully saturated rings. The van der Waals surface area contributed by atoms with E-state index in [2.05, 4.69) is 5.32 Å². The Bertz CT molecular complexity index is 456. The van der Waals surface area contributed by atoms with Gasteiger partial charge in [-0.3, -0.25) is 4.79 Å². The van der Waals surface area contributed by atoms with Gasteiger partial charge in [-0.25, -0.2) is 0 Å². The average molecular weight is 278 g/mol. The summed E-state index contributed by atoms with van der Waals surface area (Å²) in [7, 11) is 0. The second-order valence-corrected chi connectivity index (χ2v) is 5.03. The number of hydrogen-bond acceptors (Lipinski definition) is 4. The van der Waals surface area contributed by atoms with Gasteiger partial charge in [0.1, 0.15) is 0 Å². The lowest BCUT2D eigenvalue weighted by Crippen LogP contribution is -2.18. The van der Waals surface area contributed by atoms with Gasteiger partial charge in [-0.05, 0) is 37.5 Å². The Hall–Kier alpha value is -1.59. The standard InChI is InChI=1S/C15H22N2O3/c1-11-13(16)5-2-6-14(11)17-15(18)7-9-19-10-12-4-3-8-20-12/h2,5-6,12H,3-4,7-10,16H2,1H3,(H,17,18). The van der Waals surface area contributed by atoms with Crippen LogP contribution in [0.3, 0.4) is 0 Å². The molecule has 1 atom stereocenters. The van der Waals surface area contributed by atoms with Crippen molar-refractivity contribution in [1.82, 2.24) is 0 Å². The van der Waals surface area contributed by atoms with Gasteiger partial charge in [0.2, 0.25) is 5.91 Å². The molecule has 1 aromatic rings. The van der Waals surface area contributed by atoms with Crippen LogP contribution < -0.4 is 11.1 Å². The summed E-state index contributed by atoms with van der Waals surface area (Å²) in [6.45, 7) is 3.69. The van der Waals surface area contributed by atoms with Crippen molar-refractivity contribution < 1.29 is 14.3 Å². The van der Waals surface area contributed by atoms with E-state index in [1.54, 1.807) is 0 Å². The fourth-order valence-electron chi connectivity index (χ4n) is 2.16. The molecule has 20 heavy (non-hydrogen) atoms. The number of amides is 1. The number of hydrogen-bond donors (Lipinski definition) is 2. The number of carbonyl (C=O) groups excluding carboxylic acids is 1. The maximum atomic E-state index is 11.8. The zero-order valence-corrected chi connectivity index (χ0v) is 11.9. The topological polar surface area (TPSA) is 73.6 Å². The molecule has 0 aromatic heterocycles. The number of anilines is 2. The van der Waals surface area contributed by atoms with Crippen LogP contribution in [0.2, 0.25) is 0 Å². The van der Waals surface area contributed by atoms with E-state index in [4.69, 9.17) is 15.2 Å². The summed E-state index contributed by atoms with van der Waals surface area (Å²) in [5, 5.41) is 2.85. The summed E-state index contributed by atoms with van der Waals surface area (Å²) < 4.78 is 10.9. The van der Waals surface area contributed by atoms with Gasteiger partial charge < -0.3 is 20.5 Å². The molecule has 1 aliphatic heterocycles. The highest BCUT2D eigenvalue weighted by atomic mass is 16.5. The number of benzene rings is 1. The van der Waals surface area contributed by atoms with Crippen molar-refractivity contribution >= 4 is 17.3 Å². The molecule has 0 bridgehead atoms. The van der Waals surface area contributed by atoms with Gasteiger partial charge in [0.05, 0.1) is 25.7 Å². The Balaban J connectivity index is 1.68. The first-order valence-electron chi connectivity index (χ1n) is 7.01. The lowest BCUT2D eigenvalue weighted by atomic mass is 10.1. The van der Waals surface area contributed by atoms with Crippen molar-refractivity contribution in [2.24, 2.45) is 0 Å². The van der Waals surface area contributed by atoms with Crippen LogP contribution in [-0.4, -0.2) is 31.8 Å². The van der Waals surface area contributed by atoms with Crippen molar-refractivity contribution in [2.45, 2.75) is 32.3 Å². The number of ether oxygens (including phenoxy) is 2. The van der Waals surface area contributed by atoms with Crippen molar-refractivity contribution in [1.29, 1.82) is 0 Å². The van der Waals surface area contributed by atoms with Crippen molar-refractivity contribution in [3.8, 4) is 0 Å². The molecule has 1 heterocycles. The molecule has 1 aliphatic rings. The third-order valence-electron chi connectivity index (χ3n) is 3.45. The second kappa shape index (κ2) is 7.26. The third-order valence-corrected chi connectivity index (χ3v) is 3.45. The Labute approximate surface area is 119 Å². The molecule has 5 heteroatoms. The SMILES string of the molecule is Cc1c(N)cccc1NC(=O)CCOCC1CCCO1. The number of nitrogens with one attached hydrogen (secondary N) is 1. The van der Waals surface area contributed by atoms with E-state index < -0.39 is 0 Å². The molecule has 1 amide bonds. The van der Waals surface area contributed by atoms with Gasteiger partial charge in [0.25, 0.3) is 0 Å². The highest BCUT2D eigenvalue weighted by Gasteiger charge is 2.15. The van der Waals surface area contributed by atoms with Crippen LogP contribution in [0.4, 0.5) is 11.4 Å². The summed E-state index contributed by atoms with van der Waals surface area (Å²) in [6.07, 6.45) is 2.69. The summed E-state index contributed by atoms with van der Waals surface area (Å²) in [5.74, 6) is -0.0639. The predicted molar refractivity (Wildman–Crippen MR) is 78.6 cm³/mol. The lowest BCUT2D eigenvalue weighted by Gasteiger charge is -2.11. The van der Waals surface area contributed by atoms with Crippen LogP contribution in [-0.2, 0) is 14.3 Å². The Morgan fingerprint density at radius 2 is 2.40 bits per heavy atom. The molecule has 0 saturated carbocycles. The van der Waals surface area contributed by atoms with Crippen LogP contribution in [0.1, 0.15) is 24.8 Å². The van der Waals surface area contributed by atoms with Crippen LogP contribution in [0.25, 0.3) is 0 Å². The zero-order valence-electron chi connectivity index (χ0n) is 11.9. The first-order valence-corrected chi connectivity index (χ1v) is 7.01. The molecule has 1 saturated heterocycles. The molecule has 2 rings (SSSR count). The minimum atomic E-state index is -0.0639. The van der Waals surface area contributed by atoms with E-state index in [1.165, 1.54) is 0 Å². The van der Waals surface area contributed by atoms with Crippen LogP contribution in [0.5, 0.6) is 0 Å². The van der Waals surface area contributed by atoms with Gasteiger partial charge >= 0.3 is 0 Å². The van der Waals surface area contributed by atoms with Gasteiger partial charge in [0, 0.05) is 18.0 Å². The summed E-state index contributed by atoms with van der Waals surface area (Å²) >= 11 is 0. The first kappa shape index (κ1) is 14.8. The smallest absolute Gasteiger partial charge is 0.226 e. The predicted octanol–water partition coefficient (Wildman–Crippen LogP) is 2.10. The van der Waals surface area contributed by atoms with Gasteiger partial charge in [-0.15, -0.1) is 0 Å². The molecule has 110 valence electrons. The van der Waals surface area contributed by atoms with Crippen LogP contribution in [0.15, 0.2) is 18.2 Å². The molecule has 1 aromatic carbocycles. The molecule has 3 N–H and O–H groups in total. The van der Waals surface area contributed by atoms with Gasteiger partial charge in [-0.1, -0.05) is 6.07 Å². The van der Waals surface area contributed by atoms with Crippen molar-refractivity contribution in [2.75, 3.05) is 30.9 Å². The highest BCUT2D eigenvalue weighted by Crippen LogP contribution is 2.20. The van der Waals surface area contributed by atoms with E-state index in [1.807, 2.05) is 25.1 Å². The van der Waals surface area contributed by atoms with E-state index in [0.717, 1.165) is 30.7 Å². The Morgan fingerprint density at radius 1 is 1.55 bits per heavy atom. The summed E-state index contributed by atoms with van der Waals surface area (Å²) in [6, 6.07) is 5.48. The van der Waals surface area contributed by atoms with E-state index in [0.29, 0.717) is 25.3 Å². The molecule has 5 nitrogen and oxygen atoms in total. The minimum absolute atomic E-state index is 0.0639. The number of rotatable bonds is 6. The average Bonchev–Trinajstić information content (AvgIpc) is 2.93. The Kier molecular flexibility index (Phi) is 5.38. The van der Waals surface area contributed by atoms with E-state index in [9.17, 15) is 4.79 Å². The number of nitrogens with two attached hydrogens (primary N) is 1. The van der Waals surface area contributed by atoms with E-state index in [-0.39, 0.29) is 12.0 Å². The fraction of sp³-hybridized carbons (Fsp3) is 0.533. The van der Waals surface area contributed by atoms with Crippen LogP contribution in [0, 0.1) is 6.92 Å². The zero-order chi connectivity index (χ0) is 14.4. The Morgan fingerprint density at radius 3 is 3.15 bits per heavy atom. The minimum Gasteiger partial charge on any atom is -0.398 e. The quantitative estimate of drug-likeness (QED) is 0.617. The summed E-state index contributed by atoms with van der Waals surface area (Å²) in [5.41, 5.74) is 8.12. The van der Waals surface area contributed by atoms with Gasteiger partial charge in [0.15, 0.2) is 0 Å². The van der Waals surface area contributed by atoms with Crippen LogP contribution >= 0.6 is 0 Å². The van der Waals surface area contributed by atoms with E-state index >= 15 is 0 Å². The monoisotopic (exact) mass is 278 g/mol. The largest absolute Gasteiger partial charge is 0.398 e. The maximum Gasteiger partial charge on any atom is 0.226 e. The molecular formula is C15H22N2O3. The third kappa shape index (κ3) is 4.21. The summed E-state index contributed by atoms with van der Waals surface area (Å²) in [4.78, 5) is 11.8. The second-order valence-electron chi connectivity index (χ2n) is 5.03. The van der Waals surface area contributed by atoms with Gasteiger partial charge in [-0.2, -0.15) is 0 Å². The van der Waals surface area contributed by atoms with Crippen molar-refractivity contribution in [3.63, 3.8) is 0 Å². The molecular weight excluding hydrogens is 256 g/mol. The maximum absolute atomic E-state index is 11.8. The molecule has 0 aliphatic carbocycles.